The van der Waals surface area contributed by atoms with Gasteiger partial charge in [0.05, 0.1) is 0 Å². The van der Waals surface area contributed by atoms with E-state index in [0.717, 1.165) is 12.8 Å². The molecule has 1 aliphatic rings. The van der Waals surface area contributed by atoms with Gasteiger partial charge < -0.3 is 10.4 Å². The third-order valence-corrected chi connectivity index (χ3v) is 2.21. The molecule has 0 spiro atoms. The summed E-state index contributed by atoms with van der Waals surface area (Å²) in [5.41, 5.74) is 0. The molecule has 0 amide bonds. The van der Waals surface area contributed by atoms with E-state index >= 15 is 0 Å². The lowest BCUT2D eigenvalue weighted by molar-refractivity contribution is -0.139. The lowest BCUT2D eigenvalue weighted by atomic mass is 10.2. The van der Waals surface area contributed by atoms with Crippen LogP contribution in [0.5, 0.6) is 0 Å². The van der Waals surface area contributed by atoms with Crippen molar-refractivity contribution in [3.05, 3.63) is 0 Å². The Bertz CT molecular complexity index is 141. The zero-order valence-electron chi connectivity index (χ0n) is 6.84. The predicted molar refractivity (Wildman–Crippen MR) is 49.2 cm³/mol. The van der Waals surface area contributed by atoms with E-state index in [1.54, 1.807) is 6.92 Å². The molecule has 3 nitrogen and oxygen atoms in total. The van der Waals surface area contributed by atoms with E-state index in [2.05, 4.69) is 5.32 Å². The molecule has 0 aromatic heterocycles. The van der Waals surface area contributed by atoms with E-state index < -0.39 is 12.0 Å². The van der Waals surface area contributed by atoms with Gasteiger partial charge in [-0.1, -0.05) is 20.3 Å². The van der Waals surface area contributed by atoms with Crippen LogP contribution in [0, 0.1) is 0 Å². The molecule has 72 valence electrons. The highest BCUT2D eigenvalue weighted by atomic mass is 16.4. The topological polar surface area (TPSA) is 49.3 Å². The summed E-state index contributed by atoms with van der Waals surface area (Å²) in [5, 5.41) is 11.7. The predicted octanol–water partition coefficient (Wildman–Crippen LogP) is 1.63. The number of carbonyl (C=O) groups is 1. The first kappa shape index (κ1) is 11.4. The Labute approximate surface area is 74.2 Å². The van der Waals surface area contributed by atoms with Crippen LogP contribution in [-0.4, -0.2) is 23.2 Å². The van der Waals surface area contributed by atoms with Crippen molar-refractivity contribution in [1.82, 2.24) is 5.32 Å². The van der Waals surface area contributed by atoms with Crippen molar-refractivity contribution in [2.75, 3.05) is 0 Å². The van der Waals surface area contributed by atoms with Crippen molar-refractivity contribution >= 4 is 5.97 Å². The summed E-state index contributed by atoms with van der Waals surface area (Å²) in [7, 11) is 0. The summed E-state index contributed by atoms with van der Waals surface area (Å²) in [6.45, 7) is 1.70. The highest BCUT2D eigenvalue weighted by Crippen LogP contribution is 2.17. The van der Waals surface area contributed by atoms with Crippen LogP contribution in [0.15, 0.2) is 0 Å². The maximum atomic E-state index is 10.4. The zero-order chi connectivity index (χ0) is 8.27. The van der Waals surface area contributed by atoms with Crippen LogP contribution >= 0.6 is 0 Å². The molecule has 3 heteroatoms. The van der Waals surface area contributed by atoms with Crippen LogP contribution < -0.4 is 5.32 Å². The Balaban J connectivity index is 0.00000121. The zero-order valence-corrected chi connectivity index (χ0v) is 6.84. The number of carboxylic acid groups (broad SMARTS) is 1. The minimum absolute atomic E-state index is 0. The maximum absolute atomic E-state index is 10.4. The highest BCUT2D eigenvalue weighted by Gasteiger charge is 2.19. The molecule has 0 aromatic rings. The molecule has 0 aromatic carbocycles. The summed E-state index contributed by atoms with van der Waals surface area (Å²) in [6.07, 6.45) is 4.75. The van der Waals surface area contributed by atoms with Crippen LogP contribution in [0.3, 0.4) is 0 Å². The number of hydrogen-bond acceptors (Lipinski definition) is 2. The number of aliphatic carboxylic acids is 1. The minimum Gasteiger partial charge on any atom is -0.480 e. The van der Waals surface area contributed by atoms with E-state index in [1.807, 2.05) is 0 Å². The molecule has 2 N–H and O–H groups in total. The highest BCUT2D eigenvalue weighted by molar-refractivity contribution is 5.72. The molecule has 1 unspecified atom stereocenters. The Morgan fingerprint density at radius 3 is 2.42 bits per heavy atom. The monoisotopic (exact) mass is 173 g/mol. The van der Waals surface area contributed by atoms with E-state index in [1.165, 1.54) is 12.8 Å². The van der Waals surface area contributed by atoms with Crippen LogP contribution in [0.1, 0.15) is 40.0 Å². The van der Waals surface area contributed by atoms with E-state index in [4.69, 9.17) is 5.11 Å². The summed E-state index contributed by atoms with van der Waals surface area (Å²) in [6, 6.07) is 0.0548. The van der Waals surface area contributed by atoms with Gasteiger partial charge in [0.1, 0.15) is 6.04 Å². The molecule has 0 aliphatic heterocycles. The molecule has 1 atom stereocenters. The van der Waals surface area contributed by atoms with Crippen molar-refractivity contribution in [3.63, 3.8) is 0 Å². The second-order valence-electron chi connectivity index (χ2n) is 3.21. The van der Waals surface area contributed by atoms with E-state index in [-0.39, 0.29) is 7.43 Å². The van der Waals surface area contributed by atoms with E-state index in [0.29, 0.717) is 6.04 Å². The molecule has 0 saturated heterocycles. The van der Waals surface area contributed by atoms with Crippen LogP contribution in [0.4, 0.5) is 0 Å². The van der Waals surface area contributed by atoms with Gasteiger partial charge in [-0.2, -0.15) is 0 Å². The molecule has 1 aliphatic carbocycles. The normalized spacial score (nSPS) is 20.1. The van der Waals surface area contributed by atoms with Gasteiger partial charge in [0.2, 0.25) is 0 Å². The second kappa shape index (κ2) is 5.14. The molecular formula is C9H19NO2. The second-order valence-corrected chi connectivity index (χ2v) is 3.21. The fourth-order valence-electron chi connectivity index (χ4n) is 1.52. The Morgan fingerprint density at radius 1 is 1.50 bits per heavy atom. The molecule has 1 saturated carbocycles. The van der Waals surface area contributed by atoms with Gasteiger partial charge in [0, 0.05) is 6.04 Å². The van der Waals surface area contributed by atoms with Crippen LogP contribution in [-0.2, 0) is 4.79 Å². The number of rotatable bonds is 3. The smallest absolute Gasteiger partial charge is 0.320 e. The third-order valence-electron chi connectivity index (χ3n) is 2.21. The summed E-state index contributed by atoms with van der Waals surface area (Å²) >= 11 is 0. The Morgan fingerprint density at radius 2 is 2.00 bits per heavy atom. The summed E-state index contributed by atoms with van der Waals surface area (Å²) < 4.78 is 0. The first-order chi connectivity index (χ1) is 5.20. The van der Waals surface area contributed by atoms with Gasteiger partial charge in [-0.15, -0.1) is 0 Å². The van der Waals surface area contributed by atoms with Crippen molar-refractivity contribution in [2.24, 2.45) is 0 Å². The van der Waals surface area contributed by atoms with Crippen molar-refractivity contribution in [1.29, 1.82) is 0 Å². The van der Waals surface area contributed by atoms with Gasteiger partial charge >= 0.3 is 5.97 Å². The van der Waals surface area contributed by atoms with E-state index in [9.17, 15) is 4.79 Å². The van der Waals surface area contributed by atoms with Gasteiger partial charge in [-0.05, 0) is 19.8 Å². The molecule has 1 fully saturated rings. The van der Waals surface area contributed by atoms with Crippen molar-refractivity contribution in [2.45, 2.75) is 52.1 Å². The average Bonchev–Trinajstić information content (AvgIpc) is 2.39. The molecule has 12 heavy (non-hydrogen) atoms. The molecule has 0 radical (unpaired) electrons. The average molecular weight is 173 g/mol. The van der Waals surface area contributed by atoms with Gasteiger partial charge in [-0.3, -0.25) is 4.79 Å². The van der Waals surface area contributed by atoms with Gasteiger partial charge in [0.25, 0.3) is 0 Å². The van der Waals surface area contributed by atoms with Crippen LogP contribution in [0.25, 0.3) is 0 Å². The first-order valence-corrected chi connectivity index (χ1v) is 4.19. The van der Waals surface area contributed by atoms with Crippen molar-refractivity contribution in [3.8, 4) is 0 Å². The number of carboxylic acids is 1. The fraction of sp³-hybridized carbons (Fsp3) is 0.889. The largest absolute Gasteiger partial charge is 0.480 e. The SMILES string of the molecule is C.CC(NC1CCCC1)C(=O)O. The molecule has 1 rings (SSSR count). The summed E-state index contributed by atoms with van der Waals surface area (Å²) in [4.78, 5) is 10.4. The minimum atomic E-state index is -0.753. The quantitative estimate of drug-likeness (QED) is 0.682. The number of nitrogens with one attached hydrogen (secondary N) is 1. The number of hydrogen-bond donors (Lipinski definition) is 2. The molecular weight excluding hydrogens is 154 g/mol. The lowest BCUT2D eigenvalue weighted by Gasteiger charge is -2.14. The first-order valence-electron chi connectivity index (χ1n) is 4.19. The van der Waals surface area contributed by atoms with Gasteiger partial charge in [-0.25, -0.2) is 0 Å². The Kier molecular flexibility index (Phi) is 4.90. The standard InChI is InChI=1S/C8H15NO2.CH4/c1-6(8(10)11)9-7-4-2-3-5-7;/h6-7,9H,2-5H2,1H3,(H,10,11);1H4. The third kappa shape index (κ3) is 3.22. The summed E-state index contributed by atoms with van der Waals surface area (Å²) in [5.74, 6) is -0.753. The molecule has 0 bridgehead atoms. The van der Waals surface area contributed by atoms with Gasteiger partial charge in [0.15, 0.2) is 0 Å². The molecule has 0 heterocycles. The fourth-order valence-corrected chi connectivity index (χ4v) is 1.52. The lowest BCUT2D eigenvalue weighted by Crippen LogP contribution is -2.39. The Hall–Kier alpha value is -0.570. The van der Waals surface area contributed by atoms with Crippen molar-refractivity contribution < 1.29 is 9.90 Å². The maximum Gasteiger partial charge on any atom is 0.320 e. The van der Waals surface area contributed by atoms with Crippen LogP contribution in [0.2, 0.25) is 0 Å².